The molecule has 12 heavy (non-hydrogen) atoms. The topological polar surface area (TPSA) is 0 Å². The Kier molecular flexibility index (Phi) is 2.37. The molecule has 0 bridgehead atoms. The van der Waals surface area contributed by atoms with E-state index in [1.165, 1.54) is 6.07 Å². The van der Waals surface area contributed by atoms with E-state index in [2.05, 4.69) is 0 Å². The summed E-state index contributed by atoms with van der Waals surface area (Å²) < 4.78 is 36.6. The lowest BCUT2D eigenvalue weighted by atomic mass is 9.79. The first-order valence-corrected chi connectivity index (χ1v) is 3.75. The Balaban J connectivity index is 3.23. The van der Waals surface area contributed by atoms with E-state index in [4.69, 9.17) is 11.6 Å². The Morgan fingerprint density at radius 2 is 1.83 bits per heavy atom. The van der Waals surface area contributed by atoms with Gasteiger partial charge in [0.15, 0.2) is 0 Å². The Hall–Kier alpha value is -0.635. The van der Waals surface area contributed by atoms with E-state index in [9.17, 15) is 12.9 Å². The van der Waals surface area contributed by atoms with Crippen LogP contribution in [0.15, 0.2) is 18.2 Å². The van der Waals surface area contributed by atoms with Crippen LogP contribution in [-0.4, -0.2) is 6.98 Å². The van der Waals surface area contributed by atoms with E-state index in [0.717, 1.165) is 6.07 Å². The average Bonchev–Trinajstić information content (AvgIpc) is 1.92. The zero-order valence-corrected chi connectivity index (χ0v) is 7.08. The third-order valence-corrected chi connectivity index (χ3v) is 1.85. The number of aryl methyl sites for hydroxylation is 1. The lowest BCUT2D eigenvalue weighted by Crippen LogP contribution is -2.35. The maximum atomic E-state index is 12.2. The van der Waals surface area contributed by atoms with Crippen molar-refractivity contribution in [2.24, 2.45) is 0 Å². The molecule has 5 heteroatoms. The molecule has 0 saturated carbocycles. The van der Waals surface area contributed by atoms with E-state index in [1.807, 2.05) is 0 Å². The summed E-state index contributed by atoms with van der Waals surface area (Å²) in [5, 5.41) is -0.229. The lowest BCUT2D eigenvalue weighted by molar-refractivity contribution is 0.501. The molecule has 0 amide bonds. The predicted molar refractivity (Wildman–Crippen MR) is 44.9 cm³/mol. The number of halogens is 4. The summed E-state index contributed by atoms with van der Waals surface area (Å²) in [6, 6.07) is 3.87. The average molecular weight is 193 g/mol. The Morgan fingerprint density at radius 3 is 2.25 bits per heavy atom. The SMILES string of the molecule is Cc1ccc(Cl)c([B-](F)(F)F)c1. The van der Waals surface area contributed by atoms with Gasteiger partial charge < -0.3 is 12.9 Å². The lowest BCUT2D eigenvalue weighted by Gasteiger charge is -2.16. The standard InChI is InChI=1S/C7H6BClF3/c1-5-2-3-7(9)6(4-5)8(10,11)12/h2-4H,1H3/q-1. The van der Waals surface area contributed by atoms with Crippen LogP contribution in [0, 0.1) is 6.92 Å². The van der Waals surface area contributed by atoms with Crippen molar-refractivity contribution in [1.29, 1.82) is 0 Å². The summed E-state index contributed by atoms with van der Waals surface area (Å²) in [5.74, 6) is 0. The van der Waals surface area contributed by atoms with Gasteiger partial charge in [0.1, 0.15) is 0 Å². The summed E-state index contributed by atoms with van der Waals surface area (Å²) in [6.45, 7) is -3.38. The molecule has 1 aromatic rings. The smallest absolute Gasteiger partial charge is 0.445 e. The van der Waals surface area contributed by atoms with Crippen molar-refractivity contribution >= 4 is 24.0 Å². The van der Waals surface area contributed by atoms with E-state index in [0.29, 0.717) is 5.56 Å². The molecule has 0 aliphatic carbocycles. The van der Waals surface area contributed by atoms with Crippen LogP contribution in [-0.2, 0) is 0 Å². The Bertz CT molecular complexity index is 295. The van der Waals surface area contributed by atoms with Crippen molar-refractivity contribution in [3.05, 3.63) is 28.8 Å². The van der Waals surface area contributed by atoms with E-state index in [-0.39, 0.29) is 5.02 Å². The number of hydrogen-bond acceptors (Lipinski definition) is 0. The maximum absolute atomic E-state index is 12.2. The fourth-order valence-electron chi connectivity index (χ4n) is 0.914. The van der Waals surface area contributed by atoms with Crippen LogP contribution in [0.1, 0.15) is 5.56 Å². The molecule has 0 spiro atoms. The van der Waals surface area contributed by atoms with E-state index >= 15 is 0 Å². The molecular formula is C7H6BClF3-. The normalized spacial score (nSPS) is 11.8. The molecule has 66 valence electrons. The van der Waals surface area contributed by atoms with Gasteiger partial charge in [-0.25, -0.2) is 0 Å². The van der Waals surface area contributed by atoms with Gasteiger partial charge in [0, 0.05) is 5.02 Å². The Morgan fingerprint density at radius 1 is 1.25 bits per heavy atom. The number of hydrogen-bond donors (Lipinski definition) is 0. The molecule has 0 unspecified atom stereocenters. The first-order valence-electron chi connectivity index (χ1n) is 3.37. The quantitative estimate of drug-likeness (QED) is 0.602. The van der Waals surface area contributed by atoms with Crippen molar-refractivity contribution in [2.75, 3.05) is 0 Å². The molecule has 0 aromatic heterocycles. The fourth-order valence-corrected chi connectivity index (χ4v) is 1.16. The zero-order chi connectivity index (χ0) is 9.35. The molecular weight excluding hydrogens is 187 g/mol. The highest BCUT2D eigenvalue weighted by atomic mass is 35.5. The molecule has 0 atom stereocenters. The second-order valence-corrected chi connectivity index (χ2v) is 3.01. The highest BCUT2D eigenvalue weighted by Gasteiger charge is 2.27. The molecule has 0 N–H and O–H groups in total. The second-order valence-electron chi connectivity index (χ2n) is 2.60. The first kappa shape index (κ1) is 9.45. The van der Waals surface area contributed by atoms with E-state index < -0.39 is 12.4 Å². The second kappa shape index (κ2) is 3.01. The third kappa shape index (κ3) is 1.94. The maximum Gasteiger partial charge on any atom is 0.511 e. The fraction of sp³-hybridized carbons (Fsp3) is 0.143. The predicted octanol–water partition coefficient (Wildman–Crippen LogP) is 2.70. The minimum Gasteiger partial charge on any atom is -0.445 e. The van der Waals surface area contributed by atoms with Gasteiger partial charge >= 0.3 is 6.98 Å². The van der Waals surface area contributed by atoms with Crippen LogP contribution >= 0.6 is 11.6 Å². The summed E-state index contributed by atoms with van der Waals surface area (Å²) in [4.78, 5) is 0. The highest BCUT2D eigenvalue weighted by Crippen LogP contribution is 2.16. The molecule has 0 nitrogen and oxygen atoms in total. The molecule has 1 rings (SSSR count). The molecule has 0 saturated heterocycles. The monoisotopic (exact) mass is 193 g/mol. The largest absolute Gasteiger partial charge is 0.511 e. The van der Waals surface area contributed by atoms with Gasteiger partial charge in [-0.3, -0.25) is 0 Å². The molecule has 0 heterocycles. The molecule has 0 radical (unpaired) electrons. The van der Waals surface area contributed by atoms with Gasteiger partial charge in [0.2, 0.25) is 0 Å². The van der Waals surface area contributed by atoms with Crippen molar-refractivity contribution < 1.29 is 12.9 Å². The van der Waals surface area contributed by atoms with Gasteiger partial charge in [-0.2, -0.15) is 0 Å². The third-order valence-electron chi connectivity index (χ3n) is 1.50. The van der Waals surface area contributed by atoms with Gasteiger partial charge in [-0.15, -0.1) is 0 Å². The van der Waals surface area contributed by atoms with Gasteiger partial charge in [-0.1, -0.05) is 34.8 Å². The molecule has 0 aliphatic heterocycles. The Labute approximate surface area is 73.4 Å². The van der Waals surface area contributed by atoms with Crippen LogP contribution in [0.4, 0.5) is 12.9 Å². The minimum absolute atomic E-state index is 0.229. The molecule has 1 aromatic carbocycles. The van der Waals surface area contributed by atoms with E-state index in [1.54, 1.807) is 13.0 Å². The van der Waals surface area contributed by atoms with Crippen LogP contribution < -0.4 is 5.46 Å². The van der Waals surface area contributed by atoms with Crippen LogP contribution in [0.3, 0.4) is 0 Å². The van der Waals surface area contributed by atoms with Crippen LogP contribution in [0.5, 0.6) is 0 Å². The van der Waals surface area contributed by atoms with Crippen LogP contribution in [0.25, 0.3) is 0 Å². The minimum atomic E-state index is -4.98. The number of rotatable bonds is 1. The molecule has 0 fully saturated rings. The van der Waals surface area contributed by atoms with Crippen molar-refractivity contribution in [2.45, 2.75) is 6.92 Å². The molecule has 0 aliphatic rings. The summed E-state index contributed by atoms with van der Waals surface area (Å²) in [7, 11) is 0. The zero-order valence-electron chi connectivity index (χ0n) is 6.32. The summed E-state index contributed by atoms with van der Waals surface area (Å²) in [6.07, 6.45) is 0. The van der Waals surface area contributed by atoms with Gasteiger partial charge in [0.25, 0.3) is 0 Å². The summed E-state index contributed by atoms with van der Waals surface area (Å²) >= 11 is 5.38. The van der Waals surface area contributed by atoms with Crippen molar-refractivity contribution in [1.82, 2.24) is 0 Å². The van der Waals surface area contributed by atoms with Crippen molar-refractivity contribution in [3.8, 4) is 0 Å². The number of benzene rings is 1. The van der Waals surface area contributed by atoms with Crippen LogP contribution in [0.2, 0.25) is 5.02 Å². The first-order chi connectivity index (χ1) is 5.41. The van der Waals surface area contributed by atoms with Crippen molar-refractivity contribution in [3.63, 3.8) is 0 Å². The van der Waals surface area contributed by atoms with Gasteiger partial charge in [0.05, 0.1) is 0 Å². The highest BCUT2D eigenvalue weighted by molar-refractivity contribution is 6.75. The van der Waals surface area contributed by atoms with Gasteiger partial charge in [-0.05, 0) is 13.0 Å². The summed E-state index contributed by atoms with van der Waals surface area (Å²) in [5.41, 5.74) is -0.148.